The molecular formula is C20H24N6OS. The maximum atomic E-state index is 10.8. The number of fused-ring (bicyclic) bond motifs is 1. The molecule has 4 rings (SSSR count). The molecule has 1 amide bonds. The summed E-state index contributed by atoms with van der Waals surface area (Å²) in [6.45, 7) is 6.14. The number of H-pyrrole nitrogens is 1. The first-order valence-corrected chi connectivity index (χ1v) is 10.1. The van der Waals surface area contributed by atoms with Gasteiger partial charge in [-0.2, -0.15) is 0 Å². The van der Waals surface area contributed by atoms with E-state index in [0.717, 1.165) is 53.5 Å². The molecule has 8 heteroatoms. The molecule has 1 saturated heterocycles. The van der Waals surface area contributed by atoms with Gasteiger partial charge in [0.05, 0.1) is 27.3 Å². The molecular weight excluding hydrogens is 372 g/mol. The number of piperazine rings is 1. The van der Waals surface area contributed by atoms with Crippen LogP contribution in [-0.4, -0.2) is 54.5 Å². The smallest absolute Gasteiger partial charge is 0.211 e. The van der Waals surface area contributed by atoms with Gasteiger partial charge in [-0.25, -0.2) is 4.98 Å². The molecule has 1 aromatic carbocycles. The van der Waals surface area contributed by atoms with E-state index in [1.807, 2.05) is 18.4 Å². The lowest BCUT2D eigenvalue weighted by molar-refractivity contribution is -0.105. The number of hydrogen-bond acceptors (Lipinski definition) is 6. The van der Waals surface area contributed by atoms with Crippen LogP contribution in [0.1, 0.15) is 17.6 Å². The summed E-state index contributed by atoms with van der Waals surface area (Å²) in [7, 11) is 2.16. The fraction of sp³-hybridized carbons (Fsp3) is 0.300. The highest BCUT2D eigenvalue weighted by Crippen LogP contribution is 2.32. The molecule has 2 aromatic heterocycles. The van der Waals surface area contributed by atoms with Crippen molar-refractivity contribution in [1.82, 2.24) is 14.9 Å². The second-order valence-corrected chi connectivity index (χ2v) is 7.96. The summed E-state index contributed by atoms with van der Waals surface area (Å²) in [5, 5.41) is 4.60. The van der Waals surface area contributed by atoms with E-state index in [4.69, 9.17) is 10.7 Å². The molecule has 7 nitrogen and oxygen atoms in total. The number of benzene rings is 1. The molecule has 0 spiro atoms. The predicted molar refractivity (Wildman–Crippen MR) is 116 cm³/mol. The van der Waals surface area contributed by atoms with Crippen molar-refractivity contribution in [2.24, 2.45) is 5.73 Å². The number of nitrogens with two attached hydrogens (primary N) is 1. The molecule has 0 bridgehead atoms. The molecule has 0 saturated carbocycles. The van der Waals surface area contributed by atoms with Crippen LogP contribution < -0.4 is 16.0 Å². The van der Waals surface area contributed by atoms with Crippen LogP contribution in [0.3, 0.4) is 0 Å². The van der Waals surface area contributed by atoms with E-state index >= 15 is 0 Å². The number of likely N-dealkylation sites (N-methyl/N-ethyl adjacent to an activating group) is 1. The second-order valence-electron chi connectivity index (χ2n) is 7.04. The number of thiophene rings is 1. The van der Waals surface area contributed by atoms with Crippen molar-refractivity contribution >= 4 is 51.4 Å². The van der Waals surface area contributed by atoms with E-state index in [2.05, 4.69) is 45.3 Å². The molecule has 1 aliphatic rings. The summed E-state index contributed by atoms with van der Waals surface area (Å²) < 4.78 is 0. The van der Waals surface area contributed by atoms with Crippen molar-refractivity contribution in [2.75, 3.05) is 43.4 Å². The van der Waals surface area contributed by atoms with Gasteiger partial charge in [-0.3, -0.25) is 4.79 Å². The number of aromatic amines is 1. The third-order valence-corrected chi connectivity index (χ3v) is 6.17. The minimum absolute atomic E-state index is 0.609. The molecule has 4 N–H and O–H groups in total. The molecule has 0 aliphatic carbocycles. The number of carbonyl (C=O) groups is 1. The summed E-state index contributed by atoms with van der Waals surface area (Å²) in [5.74, 6) is 0.744. The van der Waals surface area contributed by atoms with Crippen molar-refractivity contribution in [2.45, 2.75) is 6.92 Å². The number of aromatic nitrogens is 2. The number of carbonyl (C=O) groups excluding carboxylic acids is 1. The highest BCUT2D eigenvalue weighted by atomic mass is 32.1. The minimum Gasteiger partial charge on any atom is -0.397 e. The van der Waals surface area contributed by atoms with Gasteiger partial charge in [0.15, 0.2) is 0 Å². The number of amides is 1. The zero-order valence-corrected chi connectivity index (χ0v) is 16.8. The Morgan fingerprint density at radius 1 is 1.29 bits per heavy atom. The van der Waals surface area contributed by atoms with Gasteiger partial charge in [0.1, 0.15) is 5.82 Å². The van der Waals surface area contributed by atoms with E-state index in [1.54, 1.807) is 0 Å². The first-order chi connectivity index (χ1) is 13.6. The zero-order chi connectivity index (χ0) is 19.7. The number of hydrogen-bond donors (Lipinski definition) is 3. The summed E-state index contributed by atoms with van der Waals surface area (Å²) in [6.07, 6.45) is 0.662. The maximum absolute atomic E-state index is 10.8. The first-order valence-electron chi connectivity index (χ1n) is 9.25. The van der Waals surface area contributed by atoms with Gasteiger partial charge in [-0.15, -0.1) is 11.3 Å². The SMILES string of the molecule is C/C(=C(/N)c1sccc1NC=O)c1nc2ccc(N3CCN(C)CC3)cc2[nH]1. The molecule has 3 heterocycles. The maximum Gasteiger partial charge on any atom is 0.211 e. The van der Waals surface area contributed by atoms with Crippen LogP contribution in [0.25, 0.3) is 22.3 Å². The Hall–Kier alpha value is -2.84. The Morgan fingerprint density at radius 3 is 2.82 bits per heavy atom. The molecule has 3 aromatic rings. The van der Waals surface area contributed by atoms with Crippen molar-refractivity contribution < 1.29 is 4.79 Å². The first kappa shape index (κ1) is 18.5. The normalized spacial score (nSPS) is 16.3. The van der Waals surface area contributed by atoms with Crippen LogP contribution in [0.15, 0.2) is 29.6 Å². The fourth-order valence-electron chi connectivity index (χ4n) is 3.43. The Balaban J connectivity index is 1.65. The van der Waals surface area contributed by atoms with Crippen molar-refractivity contribution in [3.63, 3.8) is 0 Å². The number of anilines is 2. The lowest BCUT2D eigenvalue weighted by atomic mass is 10.2. The molecule has 0 radical (unpaired) electrons. The monoisotopic (exact) mass is 396 g/mol. The number of allylic oxidation sites excluding steroid dienone is 1. The molecule has 0 unspecified atom stereocenters. The third kappa shape index (κ3) is 3.48. The number of rotatable bonds is 5. The largest absolute Gasteiger partial charge is 0.397 e. The average Bonchev–Trinajstić information content (AvgIpc) is 3.34. The summed E-state index contributed by atoms with van der Waals surface area (Å²) in [6, 6.07) is 8.18. The van der Waals surface area contributed by atoms with Crippen molar-refractivity contribution in [3.05, 3.63) is 40.3 Å². The van der Waals surface area contributed by atoms with Gasteiger partial charge < -0.3 is 25.8 Å². The molecule has 28 heavy (non-hydrogen) atoms. The van der Waals surface area contributed by atoms with Crippen molar-refractivity contribution in [3.8, 4) is 0 Å². The number of imidazole rings is 1. The average molecular weight is 397 g/mol. The van der Waals surface area contributed by atoms with Gasteiger partial charge in [0.2, 0.25) is 6.41 Å². The third-order valence-electron chi connectivity index (χ3n) is 5.22. The Kier molecular flexibility index (Phi) is 5.06. The van der Waals surface area contributed by atoms with E-state index in [0.29, 0.717) is 17.8 Å². The van der Waals surface area contributed by atoms with E-state index < -0.39 is 0 Å². The number of nitrogens with one attached hydrogen (secondary N) is 2. The zero-order valence-electron chi connectivity index (χ0n) is 16.0. The van der Waals surface area contributed by atoms with Gasteiger partial charge in [-0.05, 0) is 43.6 Å². The quantitative estimate of drug-likeness (QED) is 0.577. The topological polar surface area (TPSA) is 90.3 Å². The lowest BCUT2D eigenvalue weighted by Crippen LogP contribution is -2.44. The Morgan fingerprint density at radius 2 is 2.07 bits per heavy atom. The summed E-state index contributed by atoms with van der Waals surface area (Å²) in [5.41, 5.74) is 11.7. The van der Waals surface area contributed by atoms with Crippen molar-refractivity contribution in [1.29, 1.82) is 0 Å². The Bertz CT molecular complexity index is 1030. The van der Waals surface area contributed by atoms with E-state index in [1.165, 1.54) is 17.0 Å². The molecule has 146 valence electrons. The molecule has 0 atom stereocenters. The van der Waals surface area contributed by atoms with Gasteiger partial charge >= 0.3 is 0 Å². The standard InChI is InChI=1S/C20H24N6OS/c1-13(18(21)19-16(22-12-27)5-10-28-19)20-23-15-4-3-14(11-17(15)24-20)26-8-6-25(2)7-9-26/h3-5,10-12H,6-9,21H2,1-2H3,(H,22,27)(H,23,24)/b18-13-. The van der Waals surface area contributed by atoms with Gasteiger partial charge in [0.25, 0.3) is 0 Å². The fourth-order valence-corrected chi connectivity index (χ4v) is 4.30. The van der Waals surface area contributed by atoms with Crippen LogP contribution in [0.2, 0.25) is 0 Å². The summed E-state index contributed by atoms with van der Waals surface area (Å²) in [4.78, 5) is 24.5. The predicted octanol–water partition coefficient (Wildman–Crippen LogP) is 2.79. The van der Waals surface area contributed by atoms with Gasteiger partial charge in [0, 0.05) is 37.4 Å². The van der Waals surface area contributed by atoms with Crippen LogP contribution in [0.4, 0.5) is 11.4 Å². The summed E-state index contributed by atoms with van der Waals surface area (Å²) >= 11 is 1.49. The van der Waals surface area contributed by atoms with Crippen LogP contribution in [0.5, 0.6) is 0 Å². The van der Waals surface area contributed by atoms with Crippen LogP contribution >= 0.6 is 11.3 Å². The lowest BCUT2D eigenvalue weighted by Gasteiger charge is -2.34. The highest BCUT2D eigenvalue weighted by molar-refractivity contribution is 7.11. The van der Waals surface area contributed by atoms with Gasteiger partial charge in [-0.1, -0.05) is 0 Å². The Labute approximate surface area is 167 Å². The number of nitrogens with zero attached hydrogens (tertiary/aromatic N) is 3. The second kappa shape index (κ2) is 7.65. The van der Waals surface area contributed by atoms with Crippen LogP contribution in [-0.2, 0) is 4.79 Å². The highest BCUT2D eigenvalue weighted by Gasteiger charge is 2.16. The van der Waals surface area contributed by atoms with E-state index in [9.17, 15) is 4.79 Å². The minimum atomic E-state index is 0.609. The molecule has 1 aliphatic heterocycles. The molecule has 1 fully saturated rings. The van der Waals surface area contributed by atoms with Crippen LogP contribution in [0, 0.1) is 0 Å². The van der Waals surface area contributed by atoms with E-state index in [-0.39, 0.29) is 0 Å².